The van der Waals surface area contributed by atoms with Crippen LogP contribution in [0.5, 0.6) is 0 Å². The number of halogens is 1. The first-order chi connectivity index (χ1) is 7.72. The van der Waals surface area contributed by atoms with Crippen LogP contribution >= 0.6 is 27.7 Å². The molecule has 2 rings (SSSR count). The first kappa shape index (κ1) is 12.0. The first-order valence-corrected chi connectivity index (χ1v) is 7.35. The molecule has 1 aliphatic rings. The lowest BCUT2D eigenvalue weighted by molar-refractivity contribution is -0.115. The fraction of sp³-hybridized carbons (Fsp3) is 0.417. The van der Waals surface area contributed by atoms with Gasteiger partial charge in [0.2, 0.25) is 5.91 Å². The molecule has 0 saturated heterocycles. The zero-order valence-electron chi connectivity index (χ0n) is 9.13. The van der Waals surface area contributed by atoms with Crippen molar-refractivity contribution >= 4 is 39.3 Å². The van der Waals surface area contributed by atoms with E-state index in [-0.39, 0.29) is 11.2 Å². The van der Waals surface area contributed by atoms with Crippen molar-refractivity contribution in [1.82, 2.24) is 0 Å². The molecule has 1 aromatic carbocycles. The van der Waals surface area contributed by atoms with Gasteiger partial charge in [-0.2, -0.15) is 0 Å². The number of benzene rings is 1. The summed E-state index contributed by atoms with van der Waals surface area (Å²) in [5.41, 5.74) is 2.13. The van der Waals surface area contributed by atoms with Gasteiger partial charge in [-0.05, 0) is 31.4 Å². The predicted molar refractivity (Wildman–Crippen MR) is 72.5 cm³/mol. The van der Waals surface area contributed by atoms with E-state index in [0.717, 1.165) is 29.4 Å². The molecule has 0 saturated carbocycles. The van der Waals surface area contributed by atoms with E-state index in [0.29, 0.717) is 0 Å². The second-order valence-electron chi connectivity index (χ2n) is 3.88. The number of aryl methyl sites for hydroxylation is 1. The number of para-hydroxylation sites is 1. The van der Waals surface area contributed by atoms with Gasteiger partial charge >= 0.3 is 0 Å². The van der Waals surface area contributed by atoms with Crippen LogP contribution < -0.4 is 5.32 Å². The van der Waals surface area contributed by atoms with Gasteiger partial charge in [-0.15, -0.1) is 11.8 Å². The molecule has 16 heavy (non-hydrogen) atoms. The van der Waals surface area contributed by atoms with Crippen molar-refractivity contribution in [3.63, 3.8) is 0 Å². The van der Waals surface area contributed by atoms with Crippen molar-refractivity contribution in [2.45, 2.75) is 29.9 Å². The van der Waals surface area contributed by atoms with Crippen molar-refractivity contribution in [3.05, 3.63) is 23.8 Å². The van der Waals surface area contributed by atoms with E-state index in [4.69, 9.17) is 0 Å². The Morgan fingerprint density at radius 1 is 1.50 bits per heavy atom. The molecule has 0 fully saturated rings. The number of amides is 1. The van der Waals surface area contributed by atoms with Crippen LogP contribution in [0.4, 0.5) is 5.69 Å². The largest absolute Gasteiger partial charge is 0.324 e. The molecular weight excluding hydrogens is 286 g/mol. The molecule has 1 N–H and O–H groups in total. The van der Waals surface area contributed by atoms with Crippen molar-refractivity contribution in [2.24, 2.45) is 0 Å². The van der Waals surface area contributed by atoms with Gasteiger partial charge in [0, 0.05) is 10.2 Å². The summed E-state index contributed by atoms with van der Waals surface area (Å²) in [4.78, 5) is 13.1. The number of rotatable bonds is 3. The van der Waals surface area contributed by atoms with Crippen molar-refractivity contribution < 1.29 is 4.79 Å². The molecule has 0 radical (unpaired) electrons. The molecule has 0 aromatic heterocycles. The van der Waals surface area contributed by atoms with Crippen molar-refractivity contribution in [3.8, 4) is 0 Å². The van der Waals surface area contributed by atoms with Gasteiger partial charge in [-0.25, -0.2) is 0 Å². The standard InChI is InChI=1S/C12H14BrNOS/c1-8-4-2-5-9-11(8)14-12(15)10(16-9)6-3-7-13/h2,4-5,10H,3,6-7H2,1H3,(H,14,15). The Hall–Kier alpha value is -0.480. The lowest BCUT2D eigenvalue weighted by Gasteiger charge is -2.25. The van der Waals surface area contributed by atoms with Gasteiger partial charge in [0.1, 0.15) is 0 Å². The van der Waals surface area contributed by atoms with Crippen molar-refractivity contribution in [2.75, 3.05) is 10.6 Å². The van der Waals surface area contributed by atoms with Gasteiger partial charge in [0.25, 0.3) is 0 Å². The van der Waals surface area contributed by atoms with Crippen LogP contribution in [-0.4, -0.2) is 16.5 Å². The van der Waals surface area contributed by atoms with E-state index < -0.39 is 0 Å². The number of hydrogen-bond donors (Lipinski definition) is 1. The second kappa shape index (κ2) is 5.23. The lowest BCUT2D eigenvalue weighted by atomic mass is 10.1. The van der Waals surface area contributed by atoms with E-state index in [9.17, 15) is 4.79 Å². The first-order valence-electron chi connectivity index (χ1n) is 5.35. The Morgan fingerprint density at radius 3 is 3.06 bits per heavy atom. The van der Waals surface area contributed by atoms with Gasteiger partial charge in [0.05, 0.1) is 10.9 Å². The molecule has 86 valence electrons. The highest BCUT2D eigenvalue weighted by Crippen LogP contribution is 2.38. The third-order valence-corrected chi connectivity index (χ3v) is 4.53. The summed E-state index contributed by atoms with van der Waals surface area (Å²) in [6, 6.07) is 6.15. The Bertz CT molecular complexity index is 408. The summed E-state index contributed by atoms with van der Waals surface area (Å²) < 4.78 is 0. The van der Waals surface area contributed by atoms with E-state index in [2.05, 4.69) is 27.3 Å². The fourth-order valence-corrected chi connectivity index (χ4v) is 3.33. The average molecular weight is 300 g/mol. The molecular formula is C12H14BrNOS. The number of nitrogens with one attached hydrogen (secondary N) is 1. The quantitative estimate of drug-likeness (QED) is 0.864. The maximum atomic E-state index is 11.9. The summed E-state index contributed by atoms with van der Waals surface area (Å²) in [5, 5.41) is 4.03. The van der Waals surface area contributed by atoms with Gasteiger partial charge < -0.3 is 5.32 Å². The van der Waals surface area contributed by atoms with Gasteiger partial charge in [0.15, 0.2) is 0 Å². The highest BCUT2D eigenvalue weighted by atomic mass is 79.9. The average Bonchev–Trinajstić information content (AvgIpc) is 2.28. The maximum absolute atomic E-state index is 11.9. The maximum Gasteiger partial charge on any atom is 0.237 e. The summed E-state index contributed by atoms with van der Waals surface area (Å²) in [7, 11) is 0. The molecule has 4 heteroatoms. The number of alkyl halides is 1. The molecule has 1 atom stereocenters. The Kier molecular flexibility index (Phi) is 3.92. The molecule has 0 bridgehead atoms. The van der Waals surface area contributed by atoms with Gasteiger partial charge in [-0.3, -0.25) is 4.79 Å². The zero-order valence-corrected chi connectivity index (χ0v) is 11.5. The summed E-state index contributed by atoms with van der Waals surface area (Å²) in [6.07, 6.45) is 1.96. The van der Waals surface area contributed by atoms with Crippen LogP contribution in [0.3, 0.4) is 0 Å². The molecule has 2 nitrogen and oxygen atoms in total. The third kappa shape index (κ3) is 2.43. The topological polar surface area (TPSA) is 29.1 Å². The summed E-state index contributed by atoms with van der Waals surface area (Å²) in [5.74, 6) is 0.146. The minimum atomic E-state index is 0.0619. The minimum absolute atomic E-state index is 0.0619. The summed E-state index contributed by atoms with van der Waals surface area (Å²) in [6.45, 7) is 2.03. The molecule has 1 aliphatic heterocycles. The minimum Gasteiger partial charge on any atom is -0.324 e. The van der Waals surface area contributed by atoms with Gasteiger partial charge in [-0.1, -0.05) is 28.1 Å². The number of hydrogen-bond acceptors (Lipinski definition) is 2. The second-order valence-corrected chi connectivity index (χ2v) is 5.91. The van der Waals surface area contributed by atoms with Crippen molar-refractivity contribution in [1.29, 1.82) is 0 Å². The normalized spacial score (nSPS) is 19.1. The van der Waals surface area contributed by atoms with E-state index in [1.165, 1.54) is 4.90 Å². The Morgan fingerprint density at radius 2 is 2.31 bits per heavy atom. The van der Waals surface area contributed by atoms with Crippen LogP contribution in [-0.2, 0) is 4.79 Å². The molecule has 1 amide bonds. The number of thioether (sulfide) groups is 1. The Labute approximate surface area is 108 Å². The molecule has 0 aliphatic carbocycles. The zero-order chi connectivity index (χ0) is 11.5. The smallest absolute Gasteiger partial charge is 0.237 e. The third-order valence-electron chi connectivity index (χ3n) is 2.64. The van der Waals surface area contributed by atoms with Crippen LogP contribution in [0.25, 0.3) is 0 Å². The lowest BCUT2D eigenvalue weighted by Crippen LogP contribution is -2.29. The number of carbonyl (C=O) groups excluding carboxylic acids is 1. The van der Waals surface area contributed by atoms with Crippen LogP contribution in [0.1, 0.15) is 18.4 Å². The number of anilines is 1. The fourth-order valence-electron chi connectivity index (χ4n) is 1.76. The number of carbonyl (C=O) groups is 1. The monoisotopic (exact) mass is 299 g/mol. The van der Waals surface area contributed by atoms with E-state index in [1.807, 2.05) is 19.1 Å². The highest BCUT2D eigenvalue weighted by Gasteiger charge is 2.26. The molecule has 1 heterocycles. The number of fused-ring (bicyclic) bond motifs is 1. The predicted octanol–water partition coefficient (Wildman–Crippen LogP) is 3.58. The highest BCUT2D eigenvalue weighted by molar-refractivity contribution is 9.09. The summed E-state index contributed by atoms with van der Waals surface area (Å²) >= 11 is 5.08. The van der Waals surface area contributed by atoms with Crippen LogP contribution in [0, 0.1) is 6.92 Å². The van der Waals surface area contributed by atoms with E-state index >= 15 is 0 Å². The van der Waals surface area contributed by atoms with E-state index in [1.54, 1.807) is 11.8 Å². The van der Waals surface area contributed by atoms with Crippen LogP contribution in [0.15, 0.2) is 23.1 Å². The SMILES string of the molecule is Cc1cccc2c1NC(=O)C(CCCBr)S2. The molecule has 1 unspecified atom stereocenters. The molecule has 0 spiro atoms. The molecule has 1 aromatic rings. The van der Waals surface area contributed by atoms with Crippen LogP contribution in [0.2, 0.25) is 0 Å². The Balaban J connectivity index is 2.19.